The van der Waals surface area contributed by atoms with E-state index in [1.807, 2.05) is 36.5 Å². The van der Waals surface area contributed by atoms with Gasteiger partial charge in [0.25, 0.3) is 0 Å². The van der Waals surface area contributed by atoms with E-state index >= 15 is 0 Å². The van der Waals surface area contributed by atoms with E-state index < -0.39 is 0 Å². The van der Waals surface area contributed by atoms with Crippen molar-refractivity contribution in [2.24, 2.45) is 0 Å². The van der Waals surface area contributed by atoms with Crippen LogP contribution in [0.2, 0.25) is 0 Å². The SMILES string of the molecule is c1ccc(-c2cc3ccc(-c4cc(-c5ccc(-c6ncccn6)cc5)cc(-c5cccc6c5oc5ccccc56)c4)nc3c3ncccc23)cc1. The fraction of sp³-hybridized carbons (Fsp3) is 0. The van der Waals surface area contributed by atoms with Gasteiger partial charge in [-0.3, -0.25) is 4.98 Å². The van der Waals surface area contributed by atoms with Crippen LogP contribution in [0.4, 0.5) is 0 Å². The lowest BCUT2D eigenvalue weighted by atomic mass is 9.93. The lowest BCUT2D eigenvalue weighted by Gasteiger charge is -2.13. The quantitative estimate of drug-likeness (QED) is 0.173. The van der Waals surface area contributed by atoms with E-state index in [-0.39, 0.29) is 0 Å². The van der Waals surface area contributed by atoms with Crippen LogP contribution in [0.25, 0.3) is 99.8 Å². The molecule has 4 aromatic heterocycles. The topological polar surface area (TPSA) is 64.7 Å². The van der Waals surface area contributed by atoms with Crippen LogP contribution in [0.15, 0.2) is 175 Å². The van der Waals surface area contributed by atoms with Gasteiger partial charge >= 0.3 is 0 Å². The molecule has 51 heavy (non-hydrogen) atoms. The standard InChI is InChI=1S/C46H28N4O/c1-2-9-30(10-3-1)40-28-32-20-21-41(50-43(32)44-38(40)14-7-22-47-44)35-26-33(29-16-18-31(19-17-29)46-48-23-8-24-49-46)25-34(27-35)36-12-6-13-39-37-11-4-5-15-42(37)51-45(36)39/h1-28H. The van der Waals surface area contributed by atoms with Crippen molar-refractivity contribution < 1.29 is 4.42 Å². The van der Waals surface area contributed by atoms with Gasteiger partial charge in [0.05, 0.1) is 16.7 Å². The summed E-state index contributed by atoms with van der Waals surface area (Å²) < 4.78 is 6.51. The summed E-state index contributed by atoms with van der Waals surface area (Å²) in [5.41, 5.74) is 12.9. The Morgan fingerprint density at radius 3 is 2.00 bits per heavy atom. The van der Waals surface area contributed by atoms with Gasteiger partial charge in [0.15, 0.2) is 5.82 Å². The third-order valence-electron chi connectivity index (χ3n) is 9.62. The smallest absolute Gasteiger partial charge is 0.159 e. The molecule has 0 saturated heterocycles. The van der Waals surface area contributed by atoms with Crippen molar-refractivity contribution in [3.63, 3.8) is 0 Å². The number of benzene rings is 6. The maximum atomic E-state index is 6.51. The number of hydrogen-bond acceptors (Lipinski definition) is 5. The molecule has 10 rings (SSSR count). The Labute approximate surface area is 293 Å². The minimum absolute atomic E-state index is 0.701. The van der Waals surface area contributed by atoms with Crippen molar-refractivity contribution in [1.29, 1.82) is 0 Å². The molecule has 238 valence electrons. The highest BCUT2D eigenvalue weighted by molar-refractivity contribution is 6.11. The summed E-state index contributed by atoms with van der Waals surface area (Å²) in [4.78, 5) is 19.1. The summed E-state index contributed by atoms with van der Waals surface area (Å²) in [6.45, 7) is 0. The second kappa shape index (κ2) is 11.9. The predicted molar refractivity (Wildman–Crippen MR) is 207 cm³/mol. The third-order valence-corrected chi connectivity index (χ3v) is 9.62. The average Bonchev–Trinajstić information content (AvgIpc) is 3.60. The van der Waals surface area contributed by atoms with Gasteiger partial charge < -0.3 is 4.42 Å². The van der Waals surface area contributed by atoms with Gasteiger partial charge in [-0.05, 0) is 76.3 Å². The zero-order valence-electron chi connectivity index (χ0n) is 27.4. The van der Waals surface area contributed by atoms with E-state index in [2.05, 4.69) is 131 Å². The molecule has 0 N–H and O–H groups in total. The molecule has 5 nitrogen and oxygen atoms in total. The summed E-state index contributed by atoms with van der Waals surface area (Å²) in [5, 5.41) is 4.33. The number of rotatable bonds is 5. The molecule has 0 fully saturated rings. The van der Waals surface area contributed by atoms with Crippen LogP contribution in [0.5, 0.6) is 0 Å². The van der Waals surface area contributed by atoms with Gasteiger partial charge in [-0.25, -0.2) is 15.0 Å². The molecular weight excluding hydrogens is 625 g/mol. The van der Waals surface area contributed by atoms with E-state index in [9.17, 15) is 0 Å². The molecule has 0 aliphatic carbocycles. The molecule has 0 aliphatic heterocycles. The highest BCUT2D eigenvalue weighted by Crippen LogP contribution is 2.40. The molecule has 6 aromatic carbocycles. The molecule has 5 heteroatoms. The summed E-state index contributed by atoms with van der Waals surface area (Å²) in [6.07, 6.45) is 5.38. The first-order valence-corrected chi connectivity index (χ1v) is 16.9. The number of fused-ring (bicyclic) bond motifs is 6. The molecule has 0 bridgehead atoms. The summed E-state index contributed by atoms with van der Waals surface area (Å²) in [6, 6.07) is 52.6. The summed E-state index contributed by atoms with van der Waals surface area (Å²) >= 11 is 0. The number of aromatic nitrogens is 4. The van der Waals surface area contributed by atoms with Gasteiger partial charge in [0, 0.05) is 56.8 Å². The van der Waals surface area contributed by atoms with E-state index in [1.165, 1.54) is 0 Å². The van der Waals surface area contributed by atoms with Gasteiger partial charge in [-0.1, -0.05) is 103 Å². The Morgan fingerprint density at radius 1 is 0.392 bits per heavy atom. The fourth-order valence-corrected chi connectivity index (χ4v) is 7.17. The molecule has 4 heterocycles. The van der Waals surface area contributed by atoms with Crippen LogP contribution in [0.1, 0.15) is 0 Å². The predicted octanol–water partition coefficient (Wildman–Crippen LogP) is 11.8. The van der Waals surface area contributed by atoms with Crippen LogP contribution in [-0.4, -0.2) is 19.9 Å². The molecule has 0 atom stereocenters. The fourth-order valence-electron chi connectivity index (χ4n) is 7.17. The van der Waals surface area contributed by atoms with Gasteiger partial charge in [-0.15, -0.1) is 0 Å². The van der Waals surface area contributed by atoms with Crippen LogP contribution >= 0.6 is 0 Å². The highest BCUT2D eigenvalue weighted by atomic mass is 16.3. The van der Waals surface area contributed by atoms with Crippen molar-refractivity contribution >= 4 is 43.7 Å². The number of hydrogen-bond donors (Lipinski definition) is 0. The normalized spacial score (nSPS) is 11.5. The minimum Gasteiger partial charge on any atom is -0.455 e. The second-order valence-corrected chi connectivity index (χ2v) is 12.7. The molecule has 0 radical (unpaired) electrons. The highest BCUT2D eigenvalue weighted by Gasteiger charge is 2.17. The van der Waals surface area contributed by atoms with Gasteiger partial charge in [0.2, 0.25) is 0 Å². The second-order valence-electron chi connectivity index (χ2n) is 12.7. The molecular formula is C46H28N4O. The minimum atomic E-state index is 0.701. The Balaban J connectivity index is 1.18. The number of nitrogens with zero attached hydrogens (tertiary/aromatic N) is 4. The zero-order chi connectivity index (χ0) is 33.7. The molecule has 0 unspecified atom stereocenters. The lowest BCUT2D eigenvalue weighted by molar-refractivity contribution is 0.670. The van der Waals surface area contributed by atoms with Crippen molar-refractivity contribution in [2.45, 2.75) is 0 Å². The average molecular weight is 653 g/mol. The van der Waals surface area contributed by atoms with Crippen LogP contribution < -0.4 is 0 Å². The van der Waals surface area contributed by atoms with Crippen molar-refractivity contribution in [2.75, 3.05) is 0 Å². The number of para-hydroxylation sites is 2. The van der Waals surface area contributed by atoms with E-state index in [4.69, 9.17) is 14.4 Å². The molecule has 0 spiro atoms. The Kier molecular flexibility index (Phi) is 6.74. The van der Waals surface area contributed by atoms with Crippen LogP contribution in [0.3, 0.4) is 0 Å². The monoisotopic (exact) mass is 652 g/mol. The molecule has 0 saturated carbocycles. The van der Waals surface area contributed by atoms with Crippen molar-refractivity contribution in [1.82, 2.24) is 19.9 Å². The largest absolute Gasteiger partial charge is 0.455 e. The first-order chi connectivity index (χ1) is 25.3. The summed E-state index contributed by atoms with van der Waals surface area (Å²) in [7, 11) is 0. The third kappa shape index (κ3) is 5.03. The zero-order valence-corrected chi connectivity index (χ0v) is 27.4. The number of pyridine rings is 2. The van der Waals surface area contributed by atoms with E-state index in [1.54, 1.807) is 12.4 Å². The van der Waals surface area contributed by atoms with E-state index in [0.717, 1.165) is 93.9 Å². The maximum absolute atomic E-state index is 6.51. The van der Waals surface area contributed by atoms with Crippen molar-refractivity contribution in [3.8, 4) is 56.0 Å². The molecule has 0 amide bonds. The van der Waals surface area contributed by atoms with Gasteiger partial charge in [-0.2, -0.15) is 0 Å². The van der Waals surface area contributed by atoms with Crippen molar-refractivity contribution in [3.05, 3.63) is 170 Å². The van der Waals surface area contributed by atoms with Gasteiger partial charge in [0.1, 0.15) is 11.2 Å². The Morgan fingerprint density at radius 2 is 1.12 bits per heavy atom. The summed E-state index contributed by atoms with van der Waals surface area (Å²) in [5.74, 6) is 0.701. The Bertz CT molecular complexity index is 2900. The number of furan rings is 1. The first-order valence-electron chi connectivity index (χ1n) is 16.9. The maximum Gasteiger partial charge on any atom is 0.159 e. The first kappa shape index (κ1) is 29.0. The lowest BCUT2D eigenvalue weighted by Crippen LogP contribution is -1.93. The Hall–Kier alpha value is -6.98. The van der Waals surface area contributed by atoms with Crippen LogP contribution in [0, 0.1) is 0 Å². The van der Waals surface area contributed by atoms with E-state index in [0.29, 0.717) is 5.82 Å². The molecule has 10 aromatic rings. The molecule has 0 aliphatic rings. The van der Waals surface area contributed by atoms with Crippen LogP contribution in [-0.2, 0) is 0 Å².